The van der Waals surface area contributed by atoms with Gasteiger partial charge in [0.25, 0.3) is 0 Å². The summed E-state index contributed by atoms with van der Waals surface area (Å²) in [6.45, 7) is 5.30. The summed E-state index contributed by atoms with van der Waals surface area (Å²) in [5.41, 5.74) is -0.688. The van der Waals surface area contributed by atoms with Gasteiger partial charge in [-0.3, -0.25) is 0 Å². The van der Waals surface area contributed by atoms with Crippen LogP contribution in [0.25, 0.3) is 0 Å². The average molecular weight is 599 g/mol. The maximum Gasteiger partial charge on any atom is 0.416 e. The molecule has 0 radical (unpaired) electrons. The maximum atomic E-state index is 13.2. The minimum Gasteiger partial charge on any atom is -0.481 e. The number of esters is 1. The standard InChI is InChI=1S/C31H32F6O3S/c1-4-29(15-5-6-16-29)40-27(38)19-39-28-20(2)17-26(18-21(28)3)41(24-11-7-22(8-12-24)30(32,33)34)25-13-9-23(10-14-25)31(35,36)37/h7-14,17-18,41H,4-6,15-16,19H2,1-3H3. The Kier molecular flexibility index (Phi) is 9.01. The van der Waals surface area contributed by atoms with Crippen LogP contribution in [0.2, 0.25) is 0 Å². The van der Waals surface area contributed by atoms with Crippen LogP contribution in [0, 0.1) is 13.8 Å². The molecule has 3 nitrogen and oxygen atoms in total. The van der Waals surface area contributed by atoms with Crippen molar-refractivity contribution in [3.8, 4) is 5.75 Å². The molecule has 0 saturated heterocycles. The molecule has 1 aliphatic rings. The summed E-state index contributed by atoms with van der Waals surface area (Å²) in [6.07, 6.45) is -4.60. The zero-order chi connectivity index (χ0) is 30.0. The largest absolute Gasteiger partial charge is 0.481 e. The second-order valence-electron chi connectivity index (χ2n) is 10.3. The molecule has 0 spiro atoms. The first-order chi connectivity index (χ1) is 19.2. The molecule has 3 aromatic rings. The number of hydrogen-bond donors (Lipinski definition) is 1. The fourth-order valence-corrected chi connectivity index (χ4v) is 7.71. The van der Waals surface area contributed by atoms with Crippen molar-refractivity contribution in [3.63, 3.8) is 0 Å². The van der Waals surface area contributed by atoms with Gasteiger partial charge in [-0.1, -0.05) is 6.92 Å². The molecule has 0 aromatic heterocycles. The van der Waals surface area contributed by atoms with Crippen LogP contribution in [0.3, 0.4) is 0 Å². The summed E-state index contributed by atoms with van der Waals surface area (Å²) in [5.74, 6) is 0.0332. The number of hydrogen-bond acceptors (Lipinski definition) is 3. The SMILES string of the molecule is CCC1(OC(=O)COc2c(C)cc([SH](c3ccc(C(F)(F)F)cc3)c3ccc(C(F)(F)F)cc3)cc2C)CCCC1. The lowest BCUT2D eigenvalue weighted by atomic mass is 9.99. The summed E-state index contributed by atoms with van der Waals surface area (Å²) >= 11 is 0. The molecule has 0 unspecified atom stereocenters. The Morgan fingerprint density at radius 3 is 1.61 bits per heavy atom. The summed E-state index contributed by atoms with van der Waals surface area (Å²) in [5, 5.41) is 0. The van der Waals surface area contributed by atoms with E-state index in [2.05, 4.69) is 0 Å². The van der Waals surface area contributed by atoms with Gasteiger partial charge in [0.1, 0.15) is 11.4 Å². The number of aryl methyl sites for hydroxylation is 2. The molecule has 1 aliphatic carbocycles. The van der Waals surface area contributed by atoms with Crippen LogP contribution in [0.5, 0.6) is 5.75 Å². The highest BCUT2D eigenvalue weighted by molar-refractivity contribution is 8.17. The first-order valence-electron chi connectivity index (χ1n) is 13.3. The number of benzene rings is 3. The molecule has 0 bridgehead atoms. The minimum absolute atomic E-state index is 0.269. The Morgan fingerprint density at radius 2 is 1.22 bits per heavy atom. The average Bonchev–Trinajstić information content (AvgIpc) is 3.37. The third-order valence-electron chi connectivity index (χ3n) is 7.43. The van der Waals surface area contributed by atoms with Crippen LogP contribution >= 0.6 is 10.9 Å². The van der Waals surface area contributed by atoms with Crippen LogP contribution in [0.1, 0.15) is 61.3 Å². The maximum absolute atomic E-state index is 13.2. The van der Waals surface area contributed by atoms with Crippen molar-refractivity contribution >= 4 is 16.9 Å². The van der Waals surface area contributed by atoms with E-state index in [1.54, 1.807) is 26.0 Å². The fraction of sp³-hybridized carbons (Fsp3) is 0.387. The quantitative estimate of drug-likeness (QED) is 0.159. The van der Waals surface area contributed by atoms with E-state index >= 15 is 0 Å². The summed E-state index contributed by atoms with van der Waals surface area (Å²) in [6, 6.07) is 13.0. The highest BCUT2D eigenvalue weighted by Crippen LogP contribution is 2.53. The van der Waals surface area contributed by atoms with Crippen LogP contribution in [-0.4, -0.2) is 18.2 Å². The second-order valence-corrected chi connectivity index (χ2v) is 12.6. The number of rotatable bonds is 8. The third-order valence-corrected chi connectivity index (χ3v) is 9.84. The molecule has 0 amide bonds. The van der Waals surface area contributed by atoms with E-state index in [4.69, 9.17) is 9.47 Å². The molecule has 3 aromatic carbocycles. The van der Waals surface area contributed by atoms with Gasteiger partial charge in [-0.2, -0.15) is 37.2 Å². The summed E-state index contributed by atoms with van der Waals surface area (Å²) < 4.78 is 90.9. The van der Waals surface area contributed by atoms with Crippen molar-refractivity contribution in [2.24, 2.45) is 0 Å². The van der Waals surface area contributed by atoms with Crippen molar-refractivity contribution in [3.05, 3.63) is 82.9 Å². The van der Waals surface area contributed by atoms with Crippen LogP contribution in [-0.2, 0) is 21.9 Å². The van der Waals surface area contributed by atoms with E-state index in [1.807, 2.05) is 6.92 Å². The van der Waals surface area contributed by atoms with Crippen LogP contribution in [0.4, 0.5) is 26.3 Å². The summed E-state index contributed by atoms with van der Waals surface area (Å²) in [4.78, 5) is 14.4. The van der Waals surface area contributed by atoms with Crippen molar-refractivity contribution in [1.29, 1.82) is 0 Å². The number of ether oxygens (including phenoxy) is 2. The first-order valence-corrected chi connectivity index (χ1v) is 14.7. The zero-order valence-corrected chi connectivity index (χ0v) is 23.9. The molecule has 0 atom stereocenters. The van der Waals surface area contributed by atoms with E-state index in [0.717, 1.165) is 61.3 Å². The zero-order valence-electron chi connectivity index (χ0n) is 23.0. The molecule has 1 fully saturated rings. The Morgan fingerprint density at radius 1 is 0.780 bits per heavy atom. The molecule has 0 N–H and O–H groups in total. The predicted octanol–water partition coefficient (Wildman–Crippen LogP) is 9.46. The van der Waals surface area contributed by atoms with Gasteiger partial charge in [0.2, 0.25) is 0 Å². The highest BCUT2D eigenvalue weighted by atomic mass is 32.2. The topological polar surface area (TPSA) is 35.5 Å². The van der Waals surface area contributed by atoms with E-state index < -0.39 is 45.9 Å². The van der Waals surface area contributed by atoms with Crippen molar-refractivity contribution in [1.82, 2.24) is 0 Å². The third kappa shape index (κ3) is 7.20. The molecule has 0 aliphatic heterocycles. The number of alkyl halides is 6. The molecule has 41 heavy (non-hydrogen) atoms. The van der Waals surface area contributed by atoms with Gasteiger partial charge >= 0.3 is 18.3 Å². The Balaban J connectivity index is 1.64. The second kappa shape index (κ2) is 12.0. The number of carbonyl (C=O) groups is 1. The molecule has 222 valence electrons. The van der Waals surface area contributed by atoms with Gasteiger partial charge in [0, 0.05) is 0 Å². The number of halogens is 6. The van der Waals surface area contributed by atoms with E-state index in [-0.39, 0.29) is 6.61 Å². The lowest BCUT2D eigenvalue weighted by Crippen LogP contribution is -2.33. The molecular formula is C31H32F6O3S. The molecule has 10 heteroatoms. The number of carbonyl (C=O) groups excluding carboxylic acids is 1. The van der Waals surface area contributed by atoms with E-state index in [1.165, 1.54) is 24.3 Å². The van der Waals surface area contributed by atoms with Gasteiger partial charge in [0.05, 0.1) is 11.1 Å². The molecule has 0 heterocycles. The lowest BCUT2D eigenvalue weighted by molar-refractivity contribution is -0.162. The number of thiol groups is 1. The highest BCUT2D eigenvalue weighted by Gasteiger charge is 2.36. The lowest BCUT2D eigenvalue weighted by Gasteiger charge is -2.28. The Hall–Kier alpha value is -3.14. The predicted molar refractivity (Wildman–Crippen MR) is 146 cm³/mol. The van der Waals surface area contributed by atoms with E-state index in [0.29, 0.717) is 26.7 Å². The Bertz CT molecular complexity index is 1280. The van der Waals surface area contributed by atoms with Crippen molar-refractivity contribution in [2.75, 3.05) is 6.61 Å². The van der Waals surface area contributed by atoms with Crippen molar-refractivity contribution < 1.29 is 40.6 Å². The van der Waals surface area contributed by atoms with Gasteiger partial charge in [-0.05, 0) is 132 Å². The van der Waals surface area contributed by atoms with Crippen LogP contribution < -0.4 is 4.74 Å². The molecular weight excluding hydrogens is 566 g/mol. The van der Waals surface area contributed by atoms with Crippen molar-refractivity contribution in [2.45, 2.75) is 85.5 Å². The normalized spacial score (nSPS) is 15.5. The first kappa shape index (κ1) is 30.8. The van der Waals surface area contributed by atoms with Gasteiger partial charge in [0.15, 0.2) is 6.61 Å². The summed E-state index contributed by atoms with van der Waals surface area (Å²) in [7, 11) is -1.51. The smallest absolute Gasteiger partial charge is 0.416 e. The molecule has 1 saturated carbocycles. The van der Waals surface area contributed by atoms with Crippen LogP contribution in [0.15, 0.2) is 75.4 Å². The van der Waals surface area contributed by atoms with Gasteiger partial charge < -0.3 is 9.47 Å². The Labute approximate surface area is 238 Å². The van der Waals surface area contributed by atoms with Gasteiger partial charge in [-0.25, -0.2) is 4.79 Å². The van der Waals surface area contributed by atoms with E-state index in [9.17, 15) is 31.1 Å². The monoisotopic (exact) mass is 598 g/mol. The van der Waals surface area contributed by atoms with Gasteiger partial charge in [-0.15, -0.1) is 0 Å². The molecule has 4 rings (SSSR count). The minimum atomic E-state index is -4.52. The fourth-order valence-electron chi connectivity index (χ4n) is 5.28.